The highest BCUT2D eigenvalue weighted by molar-refractivity contribution is 7.30. The molecule has 11 nitrogen and oxygen atoms in total. The molecule has 12 heteroatoms. The summed E-state index contributed by atoms with van der Waals surface area (Å²) in [5.74, 6) is 0.285. The maximum Gasteiger partial charge on any atom is 0.391 e. The number of anilines is 2. The third-order valence-corrected chi connectivity index (χ3v) is 8.21. The monoisotopic (exact) mass is 512 g/mol. The number of aryl methyl sites for hydroxylation is 1. The van der Waals surface area contributed by atoms with Crippen LogP contribution < -0.4 is 15.0 Å². The van der Waals surface area contributed by atoms with Crippen LogP contribution in [-0.4, -0.2) is 75.2 Å². The number of hydrogen-bond acceptors (Lipinski definition) is 8. The lowest BCUT2D eigenvalue weighted by atomic mass is 10.1. The van der Waals surface area contributed by atoms with Crippen LogP contribution in [0.15, 0.2) is 35.3 Å². The smallest absolute Gasteiger partial charge is 0.391 e. The molecule has 4 N–H and O–H groups in total. The lowest BCUT2D eigenvalue weighted by molar-refractivity contribution is 0.0687. The van der Waals surface area contributed by atoms with E-state index in [-0.39, 0.29) is 11.5 Å². The number of carbonyl (C=O) groups is 2. The number of likely N-dealkylation sites (N-methyl/N-ethyl adjacent to an activating group) is 1. The minimum absolute atomic E-state index is 0.233. The molecule has 1 aliphatic rings. The van der Waals surface area contributed by atoms with Crippen molar-refractivity contribution in [1.82, 2.24) is 19.9 Å². The molecule has 0 spiro atoms. The molecule has 4 rings (SSSR count). The molecule has 36 heavy (non-hydrogen) atoms. The Morgan fingerprint density at radius 2 is 1.81 bits per heavy atom. The third kappa shape index (κ3) is 5.71. The van der Waals surface area contributed by atoms with Gasteiger partial charge in [0.15, 0.2) is 0 Å². The van der Waals surface area contributed by atoms with Crippen LogP contribution >= 0.6 is 10.5 Å². The molecule has 1 fully saturated rings. The van der Waals surface area contributed by atoms with Gasteiger partial charge < -0.3 is 25.3 Å². The molecule has 1 aliphatic heterocycles. The number of nitrogens with zero attached hydrogens (tertiary/aromatic N) is 5. The molecule has 190 valence electrons. The van der Waals surface area contributed by atoms with Crippen LogP contribution in [0.2, 0.25) is 0 Å². The van der Waals surface area contributed by atoms with Gasteiger partial charge in [-0.05, 0) is 38.6 Å². The van der Waals surface area contributed by atoms with E-state index in [0.717, 1.165) is 37.6 Å². The van der Waals surface area contributed by atoms with E-state index < -0.39 is 22.4 Å². The summed E-state index contributed by atoms with van der Waals surface area (Å²) < 4.78 is 0. The van der Waals surface area contributed by atoms with E-state index >= 15 is 0 Å². The summed E-state index contributed by atoms with van der Waals surface area (Å²) in [5, 5.41) is 22.0. The number of carboxylic acid groups (broad SMARTS) is 2. The standard InChI is InChI=1S/C24H29N7O4S/c1-4-36-20(22(34)35)15(2)26-24(36)29-23-27-18(13-19(28-23)31-11-9-30(3)10-12-31)25-14-16-5-7-17(8-6-16)21(32)33/h5-8,13H,4,9-12,14H2,1-3H3,(H3-,25,26,27,28,29,32,33,34,35)/p+1. The van der Waals surface area contributed by atoms with Gasteiger partial charge in [0.05, 0.1) is 11.3 Å². The first-order chi connectivity index (χ1) is 17.2. The Labute approximate surface area is 211 Å². The van der Waals surface area contributed by atoms with Crippen LogP contribution in [0.1, 0.15) is 38.2 Å². The number of H-pyrrole nitrogens is 1. The number of benzene rings is 1. The predicted octanol–water partition coefficient (Wildman–Crippen LogP) is 2.87. The van der Waals surface area contributed by atoms with Crippen LogP contribution in [0.3, 0.4) is 0 Å². The molecular weight excluding hydrogens is 482 g/mol. The zero-order chi connectivity index (χ0) is 25.8. The van der Waals surface area contributed by atoms with Crippen molar-refractivity contribution in [3.63, 3.8) is 0 Å². The largest absolute Gasteiger partial charge is 0.478 e. The number of nitrogens with one attached hydrogen (secondary N) is 2. The van der Waals surface area contributed by atoms with Gasteiger partial charge >= 0.3 is 16.7 Å². The van der Waals surface area contributed by atoms with E-state index in [1.54, 1.807) is 31.2 Å². The zero-order valence-electron chi connectivity index (χ0n) is 20.5. The van der Waals surface area contributed by atoms with Gasteiger partial charge in [-0.15, -0.1) is 4.99 Å². The molecule has 0 amide bonds. The van der Waals surface area contributed by atoms with Crippen molar-refractivity contribution in [3.8, 4) is 0 Å². The molecule has 3 heterocycles. The van der Waals surface area contributed by atoms with Crippen molar-refractivity contribution < 1.29 is 19.8 Å². The molecule has 1 atom stereocenters. The summed E-state index contributed by atoms with van der Waals surface area (Å²) in [4.78, 5) is 45.3. The van der Waals surface area contributed by atoms with Gasteiger partial charge in [-0.2, -0.15) is 9.97 Å². The molecule has 2 aromatic heterocycles. The van der Waals surface area contributed by atoms with Crippen LogP contribution in [0.25, 0.3) is 0 Å². The number of aromatic amines is 1. The average Bonchev–Trinajstić information content (AvgIpc) is 3.18. The highest BCUT2D eigenvalue weighted by atomic mass is 32.2. The first-order valence-corrected chi connectivity index (χ1v) is 13.0. The fourth-order valence-corrected chi connectivity index (χ4v) is 5.85. The summed E-state index contributed by atoms with van der Waals surface area (Å²) in [5.41, 5.74) is 1.73. The Bertz CT molecular complexity index is 1330. The van der Waals surface area contributed by atoms with Crippen molar-refractivity contribution >= 4 is 40.0 Å². The molecule has 0 saturated carbocycles. The molecule has 0 aliphatic carbocycles. The Balaban J connectivity index is 1.69. The van der Waals surface area contributed by atoms with E-state index in [2.05, 4.69) is 37.1 Å². The normalized spacial score (nSPS) is 15.2. The molecule has 1 aromatic carbocycles. The number of thiazole rings is 1. The minimum atomic E-state index is -0.965. The van der Waals surface area contributed by atoms with Gasteiger partial charge in [-0.25, -0.2) is 9.59 Å². The van der Waals surface area contributed by atoms with Gasteiger partial charge in [0.25, 0.3) is 10.8 Å². The van der Waals surface area contributed by atoms with Gasteiger partial charge in [-0.3, -0.25) is 4.98 Å². The van der Waals surface area contributed by atoms with Gasteiger partial charge in [0.2, 0.25) is 0 Å². The number of carboxylic acids is 2. The van der Waals surface area contributed by atoms with E-state index in [4.69, 9.17) is 10.1 Å². The van der Waals surface area contributed by atoms with Gasteiger partial charge in [0, 0.05) is 49.3 Å². The van der Waals surface area contributed by atoms with E-state index in [1.807, 2.05) is 13.0 Å². The summed E-state index contributed by atoms with van der Waals surface area (Å²) in [6.07, 6.45) is 0. The van der Waals surface area contributed by atoms with Crippen molar-refractivity contribution in [3.05, 3.63) is 56.8 Å². The summed E-state index contributed by atoms with van der Waals surface area (Å²) in [6, 6.07) is 8.54. The number of aromatic nitrogens is 3. The summed E-state index contributed by atoms with van der Waals surface area (Å²) in [6.45, 7) is 7.59. The van der Waals surface area contributed by atoms with Crippen molar-refractivity contribution in [2.24, 2.45) is 4.99 Å². The maximum absolute atomic E-state index is 11.8. The molecule has 1 saturated heterocycles. The van der Waals surface area contributed by atoms with Gasteiger partial charge in [0.1, 0.15) is 17.4 Å². The Kier molecular flexibility index (Phi) is 7.65. The molecule has 0 bridgehead atoms. The first-order valence-electron chi connectivity index (χ1n) is 11.6. The quantitative estimate of drug-likeness (QED) is 0.334. The van der Waals surface area contributed by atoms with Crippen LogP contribution in [0.5, 0.6) is 0 Å². The van der Waals surface area contributed by atoms with Crippen LogP contribution in [-0.2, 0) is 12.3 Å². The second-order valence-electron chi connectivity index (χ2n) is 8.54. The van der Waals surface area contributed by atoms with Crippen molar-refractivity contribution in [2.45, 2.75) is 26.1 Å². The number of aromatic carboxylic acids is 2. The SMILES string of the molecule is CC[s+]1c(C(=O)O)c(C)[nH]c1=Nc1nc(NCc2ccc(C(=O)O)cc2)cc(N2CCN(C)CC2)n1. The Hall–Kier alpha value is -3.77. The second-order valence-corrected chi connectivity index (χ2v) is 10.7. The summed E-state index contributed by atoms with van der Waals surface area (Å²) >= 11 is 0. The Morgan fingerprint density at radius 1 is 1.11 bits per heavy atom. The number of piperazine rings is 1. The third-order valence-electron chi connectivity index (χ3n) is 6.00. The van der Waals surface area contributed by atoms with Crippen LogP contribution in [0.4, 0.5) is 17.6 Å². The lowest BCUT2D eigenvalue weighted by Gasteiger charge is -2.33. The average molecular weight is 513 g/mol. The highest BCUT2D eigenvalue weighted by Crippen LogP contribution is 2.25. The first kappa shape index (κ1) is 25.3. The fraction of sp³-hybridized carbons (Fsp3) is 0.375. The second kappa shape index (κ2) is 10.9. The zero-order valence-corrected chi connectivity index (χ0v) is 21.3. The van der Waals surface area contributed by atoms with Crippen molar-refractivity contribution in [2.75, 3.05) is 43.4 Å². The van der Waals surface area contributed by atoms with Crippen molar-refractivity contribution in [1.29, 1.82) is 0 Å². The molecule has 3 aromatic rings. The molecule has 1 unspecified atom stereocenters. The molecular formula is C24H30N7O4S+. The maximum atomic E-state index is 11.8. The van der Waals surface area contributed by atoms with E-state index in [9.17, 15) is 14.7 Å². The van der Waals surface area contributed by atoms with E-state index in [0.29, 0.717) is 33.5 Å². The fourth-order valence-electron chi connectivity index (χ4n) is 4.00. The number of rotatable bonds is 8. The molecule has 0 radical (unpaired) electrons. The summed E-state index contributed by atoms with van der Waals surface area (Å²) in [7, 11) is 1.41. The minimum Gasteiger partial charge on any atom is -0.478 e. The lowest BCUT2D eigenvalue weighted by Crippen LogP contribution is -2.44. The Morgan fingerprint density at radius 3 is 2.42 bits per heavy atom. The number of hydrogen-bond donors (Lipinski definition) is 4. The predicted molar refractivity (Wildman–Crippen MR) is 138 cm³/mol. The van der Waals surface area contributed by atoms with E-state index in [1.165, 1.54) is 0 Å². The van der Waals surface area contributed by atoms with Crippen LogP contribution in [0, 0.1) is 6.92 Å². The highest BCUT2D eigenvalue weighted by Gasteiger charge is 2.27. The van der Waals surface area contributed by atoms with Gasteiger partial charge in [-0.1, -0.05) is 12.1 Å². The topological polar surface area (TPSA) is 147 Å².